The molecule has 548 valence electrons. The van der Waals surface area contributed by atoms with Crippen LogP contribution in [0.3, 0.4) is 0 Å². The van der Waals surface area contributed by atoms with Crippen molar-refractivity contribution in [2.24, 2.45) is 0 Å². The number of benzene rings is 12. The van der Waals surface area contributed by atoms with Gasteiger partial charge in [-0.1, -0.05) is 194 Å². The van der Waals surface area contributed by atoms with Gasteiger partial charge in [-0.15, -0.1) is 0 Å². The maximum atomic E-state index is 9.32. The molecule has 0 bridgehead atoms. The first-order valence-electron chi connectivity index (χ1n) is 43.4. The van der Waals surface area contributed by atoms with Crippen molar-refractivity contribution in [3.8, 4) is 45.3 Å². The van der Waals surface area contributed by atoms with E-state index < -0.39 is 82.8 Å². The monoisotopic (exact) mass is 1500 g/mol. The number of rotatable bonds is 6. The normalized spacial score (nSPS) is 19.6. The molecule has 16 rings (SSSR count). The Hall–Kier alpha value is -10.1. The molecule has 0 saturated heterocycles. The van der Waals surface area contributed by atoms with E-state index in [0.29, 0.717) is 56.5 Å². The summed E-state index contributed by atoms with van der Waals surface area (Å²) in [6.07, 6.45) is 0. The van der Waals surface area contributed by atoms with Gasteiger partial charge in [0.15, 0.2) is 16.5 Å². The van der Waals surface area contributed by atoms with E-state index >= 15 is 0 Å². The molecule has 0 atom stereocenters. The van der Waals surface area contributed by atoms with Crippen molar-refractivity contribution in [3.05, 3.63) is 311 Å². The Morgan fingerprint density at radius 1 is 0.259 bits per heavy atom. The van der Waals surface area contributed by atoms with Gasteiger partial charge in [0.25, 0.3) is 16.6 Å². The summed E-state index contributed by atoms with van der Waals surface area (Å²) in [4.78, 5) is 4.21. The van der Waals surface area contributed by atoms with E-state index in [2.05, 4.69) is 135 Å². The van der Waals surface area contributed by atoms with Gasteiger partial charge in [-0.25, -0.2) is 0 Å². The molecule has 0 aromatic heterocycles. The number of ether oxygens (including phenoxy) is 2. The van der Waals surface area contributed by atoms with E-state index in [1.54, 1.807) is 24.3 Å². The van der Waals surface area contributed by atoms with Crippen molar-refractivity contribution >= 4 is 99.4 Å². The van der Waals surface area contributed by atoms with Gasteiger partial charge in [0.1, 0.15) is 34.2 Å². The molecule has 12 heteroatoms. The molecule has 4 aliphatic rings. The Kier molecular flexibility index (Phi) is 14.9. The summed E-state index contributed by atoms with van der Waals surface area (Å²) in [7, 11) is -10.9. The summed E-state index contributed by atoms with van der Waals surface area (Å²) in [6.45, 7) is 23.4. The maximum Gasteiger partial charge on any atom is 0.278 e. The van der Waals surface area contributed by atoms with Gasteiger partial charge in [0.05, 0.1) is 11.1 Å². The average molecular weight is 1500 g/mol. The van der Waals surface area contributed by atoms with Crippen molar-refractivity contribution < 1.29 is 34.8 Å². The second-order valence-corrected chi connectivity index (χ2v) is 48.6. The molecular formula is C96H104N4O4Si4. The number of para-hydroxylation sites is 8. The summed E-state index contributed by atoms with van der Waals surface area (Å²) >= 11 is 0. The molecule has 108 heavy (non-hydrogen) atoms. The Morgan fingerprint density at radius 2 is 0.519 bits per heavy atom. The lowest BCUT2D eigenvalue weighted by Crippen LogP contribution is -2.63. The van der Waals surface area contributed by atoms with Gasteiger partial charge in [0, 0.05) is 105 Å². The SMILES string of the molecule is [2H]C([2H])([2H])c1c(-c2cccc(N3c4ccccc4C(C)(C)Oc4ccccc4C3(C)C)c2C([2H])([2H])[2H])cccc1N1c2ccccc2C(C)(C)Oc2ccccc2C1(C)C.[2H]C([2H])([2H])c1c(-c2cccc(N3c4ccccc4[Si](C)(C)Oc4ccccc4[Si]3(C)C)c2C([2H])([2H])[2H])cccc1N1c2ccccc2[Si](C)(C)Oc2ccccc2[Si]1(C)C. The lowest BCUT2D eigenvalue weighted by Gasteiger charge is -2.47. The Labute approximate surface area is 663 Å². The lowest BCUT2D eigenvalue weighted by atomic mass is 9.83. The molecule has 0 unspecified atom stereocenters. The summed E-state index contributed by atoms with van der Waals surface area (Å²) in [6, 6.07) is 86.5. The van der Waals surface area contributed by atoms with Crippen LogP contribution in [0.5, 0.6) is 23.0 Å². The van der Waals surface area contributed by atoms with Crippen LogP contribution in [0.4, 0.5) is 45.5 Å². The van der Waals surface area contributed by atoms with E-state index in [0.717, 1.165) is 77.2 Å². The van der Waals surface area contributed by atoms with Crippen molar-refractivity contribution in [1.29, 1.82) is 0 Å². The van der Waals surface area contributed by atoms with E-state index in [1.807, 2.05) is 234 Å². The molecule has 0 amide bonds. The van der Waals surface area contributed by atoms with Crippen LogP contribution in [0.25, 0.3) is 22.3 Å². The third-order valence-corrected chi connectivity index (χ3v) is 34.3. The number of nitrogens with zero attached hydrogens (tertiary/aromatic N) is 4. The van der Waals surface area contributed by atoms with Crippen LogP contribution >= 0.6 is 0 Å². The Balaban J connectivity index is 0.000000187. The van der Waals surface area contributed by atoms with Crippen LogP contribution in [0.1, 0.15) is 116 Å². The molecule has 0 N–H and O–H groups in total. The average Bonchev–Trinajstić information content (AvgIpc) is 0.722. The molecule has 8 nitrogen and oxygen atoms in total. The van der Waals surface area contributed by atoms with Crippen molar-refractivity contribution in [2.75, 3.05) is 18.9 Å². The standard InChI is InChI=1S/C50H52N2O2.C46H52N2O2Si4/c1-33-35(21-19-29-41(33)51-43-27-15-11-23-37(43)49(7,8)53-45-31-17-13-25-39(45)47(51,3)4)36-22-20-30-42(34(36)2)52-44-28-16-12-24-38(44)50(9,10)54-46-32-18-14-26-40(46)48(52,5)6;1-33-35(21-19-25-37(33)47-39-23-11-15-29-43(39)53(7,8)49-41-27-13-17-31-45(41)51(47,3)4)36-22-20-26-38(34(36)2)48-40-24-12-16-30-44(40)54(9,10)50-42-28-14-18-32-46(42)52(48,5)6/h2*11-32H,1-10H3/i2*1D3,2D3. The van der Waals surface area contributed by atoms with Crippen LogP contribution < -0.4 is 58.0 Å². The van der Waals surface area contributed by atoms with E-state index in [1.165, 1.54) is 0 Å². The van der Waals surface area contributed by atoms with Gasteiger partial charge >= 0.3 is 0 Å². The molecule has 12 aromatic rings. The van der Waals surface area contributed by atoms with E-state index in [-0.39, 0.29) is 22.3 Å². The van der Waals surface area contributed by atoms with Gasteiger partial charge in [-0.3, -0.25) is 0 Å². The van der Waals surface area contributed by atoms with Crippen LogP contribution in [-0.2, 0) is 22.3 Å². The van der Waals surface area contributed by atoms with Crippen LogP contribution in [0.15, 0.2) is 267 Å². The van der Waals surface area contributed by atoms with Crippen LogP contribution in [-0.4, -0.2) is 33.1 Å². The lowest BCUT2D eigenvalue weighted by molar-refractivity contribution is 0.103. The summed E-state index contributed by atoms with van der Waals surface area (Å²) in [5, 5.41) is 4.24. The molecule has 0 aliphatic carbocycles. The van der Waals surface area contributed by atoms with Crippen molar-refractivity contribution in [1.82, 2.24) is 0 Å². The number of hydrogen-bond acceptors (Lipinski definition) is 8. The highest BCUT2D eigenvalue weighted by Gasteiger charge is 2.48. The minimum Gasteiger partial charge on any atom is -0.540 e. The highest BCUT2D eigenvalue weighted by Crippen LogP contribution is 2.55. The minimum atomic E-state index is -2.86. The second kappa shape index (κ2) is 26.9. The molecule has 0 spiro atoms. The molecule has 0 fully saturated rings. The summed E-state index contributed by atoms with van der Waals surface area (Å²) in [5.74, 6) is 3.05. The van der Waals surface area contributed by atoms with Crippen LogP contribution in [0.2, 0.25) is 52.4 Å². The highest BCUT2D eigenvalue weighted by molar-refractivity contribution is 6.97. The topological polar surface area (TPSA) is 49.9 Å². The zero-order valence-electron chi connectivity index (χ0n) is 76.8. The summed E-state index contributed by atoms with van der Waals surface area (Å²) < 4.78 is 144. The van der Waals surface area contributed by atoms with Crippen molar-refractivity contribution in [3.63, 3.8) is 0 Å². The number of hydrogen-bond donors (Lipinski definition) is 0. The second-order valence-electron chi connectivity index (χ2n) is 32.9. The maximum absolute atomic E-state index is 9.32. The third-order valence-electron chi connectivity index (χ3n) is 22.8. The molecule has 0 saturated carbocycles. The predicted molar refractivity (Wildman–Crippen MR) is 466 cm³/mol. The van der Waals surface area contributed by atoms with Gasteiger partial charge in [-0.05, 0) is 252 Å². The zero-order chi connectivity index (χ0) is 86.4. The first-order valence-corrected chi connectivity index (χ1v) is 49.1. The van der Waals surface area contributed by atoms with Gasteiger partial charge in [-0.2, -0.15) is 0 Å². The van der Waals surface area contributed by atoms with E-state index in [4.69, 9.17) is 18.3 Å². The van der Waals surface area contributed by atoms with Gasteiger partial charge in [0.2, 0.25) is 0 Å². The number of anilines is 8. The highest BCUT2D eigenvalue weighted by atomic mass is 28.4. The Bertz CT molecular complexity index is 5270. The Morgan fingerprint density at radius 3 is 0.861 bits per heavy atom. The molecule has 12 aromatic carbocycles. The quantitative estimate of drug-likeness (QED) is 0.153. The first kappa shape index (κ1) is 59.9. The molecular weight excluding hydrogens is 1390 g/mol. The van der Waals surface area contributed by atoms with Crippen molar-refractivity contribution in [2.45, 2.75) is 157 Å². The zero-order valence-corrected chi connectivity index (χ0v) is 68.8. The van der Waals surface area contributed by atoms with Gasteiger partial charge < -0.3 is 37.3 Å². The number of fused-ring (bicyclic) bond motifs is 8. The van der Waals surface area contributed by atoms with E-state index in [9.17, 15) is 16.4 Å². The third kappa shape index (κ3) is 12.2. The van der Waals surface area contributed by atoms with Crippen LogP contribution in [0, 0.1) is 27.4 Å². The fourth-order valence-corrected chi connectivity index (χ4v) is 28.3. The molecule has 0 radical (unpaired) electrons. The fourth-order valence-electron chi connectivity index (χ4n) is 17.5. The minimum absolute atomic E-state index is 0.0551. The smallest absolute Gasteiger partial charge is 0.278 e. The molecule has 4 aliphatic heterocycles. The predicted octanol–water partition coefficient (Wildman–Crippen LogP) is 23.5. The molecule has 4 heterocycles. The summed E-state index contributed by atoms with van der Waals surface area (Å²) in [5.41, 5.74) is 7.39. The largest absolute Gasteiger partial charge is 0.540 e. The first-order chi connectivity index (χ1) is 56.1. The fraction of sp³-hybridized carbons (Fsp3) is 0.250.